The molecule has 0 spiro atoms. The Bertz CT molecular complexity index is 286. The molecule has 0 aromatic heterocycles. The molecular weight excluding hydrogens is 240 g/mol. The summed E-state index contributed by atoms with van der Waals surface area (Å²) in [5.74, 6) is -0.635. The van der Waals surface area contributed by atoms with Crippen LogP contribution >= 0.6 is 0 Å². The molecule has 1 fully saturated rings. The summed E-state index contributed by atoms with van der Waals surface area (Å²) in [5, 5.41) is 9.51. The Morgan fingerprint density at radius 3 is 2.26 bits per heavy atom. The summed E-state index contributed by atoms with van der Waals surface area (Å²) < 4.78 is 0. The van der Waals surface area contributed by atoms with E-state index in [2.05, 4.69) is 23.6 Å². The van der Waals surface area contributed by atoms with Crippen molar-refractivity contribution in [3.63, 3.8) is 0 Å². The highest BCUT2D eigenvalue weighted by Crippen LogP contribution is 2.30. The fraction of sp³-hybridized carbons (Fsp3) is 0.933. The normalized spacial score (nSPS) is 21.2. The van der Waals surface area contributed by atoms with Gasteiger partial charge in [-0.05, 0) is 38.9 Å². The average molecular weight is 270 g/mol. The monoisotopic (exact) mass is 270 g/mol. The van der Waals surface area contributed by atoms with Gasteiger partial charge in [-0.25, -0.2) is 0 Å². The second kappa shape index (κ2) is 7.25. The van der Waals surface area contributed by atoms with Crippen LogP contribution in [0.4, 0.5) is 0 Å². The van der Waals surface area contributed by atoms with Gasteiger partial charge in [0.2, 0.25) is 0 Å². The molecule has 0 radical (unpaired) electrons. The molecule has 0 aromatic carbocycles. The summed E-state index contributed by atoms with van der Waals surface area (Å²) in [6.07, 6.45) is 2.60. The second-order valence-corrected chi connectivity index (χ2v) is 5.69. The number of likely N-dealkylation sites (N-methyl/N-ethyl adjacent to an activating group) is 1. The minimum Gasteiger partial charge on any atom is -0.481 e. The first-order chi connectivity index (χ1) is 9.02. The zero-order chi connectivity index (χ0) is 14.5. The van der Waals surface area contributed by atoms with E-state index in [0.29, 0.717) is 25.4 Å². The lowest BCUT2D eigenvalue weighted by molar-refractivity contribution is -0.150. The van der Waals surface area contributed by atoms with Crippen molar-refractivity contribution in [2.75, 3.05) is 32.7 Å². The maximum Gasteiger partial charge on any atom is 0.310 e. The standard InChI is InChI=1S/C15H30N2O2/c1-5-15(6-2,14(18)19)12-16-10-9-13(11-16)17(7-3)8-4/h13H,5-12H2,1-4H3,(H,18,19). The highest BCUT2D eigenvalue weighted by atomic mass is 16.4. The number of likely N-dealkylation sites (tertiary alicyclic amines) is 1. The van der Waals surface area contributed by atoms with Crippen molar-refractivity contribution in [1.29, 1.82) is 0 Å². The van der Waals surface area contributed by atoms with Gasteiger partial charge in [0.15, 0.2) is 0 Å². The summed E-state index contributed by atoms with van der Waals surface area (Å²) in [7, 11) is 0. The number of carboxylic acid groups (broad SMARTS) is 1. The van der Waals surface area contributed by atoms with Crippen molar-refractivity contribution in [2.24, 2.45) is 5.41 Å². The number of hydrogen-bond acceptors (Lipinski definition) is 3. The van der Waals surface area contributed by atoms with Crippen molar-refractivity contribution in [3.8, 4) is 0 Å². The van der Waals surface area contributed by atoms with Crippen LogP contribution in [0.25, 0.3) is 0 Å². The number of hydrogen-bond donors (Lipinski definition) is 1. The molecule has 1 aliphatic heterocycles. The maximum atomic E-state index is 11.6. The van der Waals surface area contributed by atoms with Gasteiger partial charge in [0.25, 0.3) is 0 Å². The molecule has 0 bridgehead atoms. The molecule has 0 saturated carbocycles. The molecule has 4 nitrogen and oxygen atoms in total. The predicted molar refractivity (Wildman–Crippen MR) is 78.4 cm³/mol. The lowest BCUT2D eigenvalue weighted by Crippen LogP contribution is -2.43. The van der Waals surface area contributed by atoms with E-state index in [4.69, 9.17) is 0 Å². The van der Waals surface area contributed by atoms with E-state index >= 15 is 0 Å². The van der Waals surface area contributed by atoms with Crippen molar-refractivity contribution >= 4 is 5.97 Å². The van der Waals surface area contributed by atoms with E-state index in [1.807, 2.05) is 13.8 Å². The van der Waals surface area contributed by atoms with E-state index < -0.39 is 11.4 Å². The smallest absolute Gasteiger partial charge is 0.310 e. The van der Waals surface area contributed by atoms with Crippen molar-refractivity contribution in [2.45, 2.75) is 53.0 Å². The third-order valence-electron chi connectivity index (χ3n) is 4.91. The van der Waals surface area contributed by atoms with E-state index in [9.17, 15) is 9.90 Å². The third-order valence-corrected chi connectivity index (χ3v) is 4.91. The summed E-state index contributed by atoms with van der Waals surface area (Å²) in [5.41, 5.74) is -0.557. The molecule has 0 aromatic rings. The van der Waals surface area contributed by atoms with E-state index in [-0.39, 0.29) is 0 Å². The second-order valence-electron chi connectivity index (χ2n) is 5.69. The maximum absolute atomic E-state index is 11.6. The zero-order valence-electron chi connectivity index (χ0n) is 13.0. The van der Waals surface area contributed by atoms with Crippen LogP contribution in [-0.4, -0.2) is 59.6 Å². The SMILES string of the molecule is CCN(CC)C1CCN(CC(CC)(CC)C(=O)O)C1. The van der Waals surface area contributed by atoms with Crippen LogP contribution in [0.3, 0.4) is 0 Å². The van der Waals surface area contributed by atoms with Crippen LogP contribution in [0.1, 0.15) is 47.0 Å². The number of carbonyl (C=O) groups is 1. The highest BCUT2D eigenvalue weighted by Gasteiger charge is 2.39. The summed E-state index contributed by atoms with van der Waals surface area (Å²) >= 11 is 0. The number of rotatable bonds is 8. The fourth-order valence-electron chi connectivity index (χ4n) is 3.27. The number of nitrogens with zero attached hydrogens (tertiary/aromatic N) is 2. The molecule has 1 rings (SSSR count). The van der Waals surface area contributed by atoms with E-state index in [0.717, 1.165) is 26.2 Å². The predicted octanol–water partition coefficient (Wildman–Crippen LogP) is 2.29. The minimum absolute atomic E-state index is 0.557. The Balaban J connectivity index is 2.62. The number of carboxylic acids is 1. The van der Waals surface area contributed by atoms with Gasteiger partial charge in [0.1, 0.15) is 0 Å². The Kier molecular flexibility index (Phi) is 6.27. The first-order valence-electron chi connectivity index (χ1n) is 7.72. The van der Waals surface area contributed by atoms with Crippen LogP contribution in [0, 0.1) is 5.41 Å². The molecule has 1 atom stereocenters. The van der Waals surface area contributed by atoms with E-state index in [1.165, 1.54) is 6.42 Å². The molecule has 1 unspecified atom stereocenters. The topological polar surface area (TPSA) is 43.8 Å². The minimum atomic E-state index is -0.635. The van der Waals surface area contributed by atoms with Crippen LogP contribution in [0.15, 0.2) is 0 Å². The summed E-state index contributed by atoms with van der Waals surface area (Å²) in [4.78, 5) is 16.4. The molecule has 1 heterocycles. The molecule has 19 heavy (non-hydrogen) atoms. The molecule has 4 heteroatoms. The highest BCUT2D eigenvalue weighted by molar-refractivity contribution is 5.74. The first kappa shape index (κ1) is 16.4. The Labute approximate surface area is 117 Å². The van der Waals surface area contributed by atoms with Crippen molar-refractivity contribution in [3.05, 3.63) is 0 Å². The fourth-order valence-corrected chi connectivity index (χ4v) is 3.27. The first-order valence-corrected chi connectivity index (χ1v) is 7.72. The Morgan fingerprint density at radius 2 is 1.84 bits per heavy atom. The van der Waals surface area contributed by atoms with Gasteiger partial charge < -0.3 is 10.0 Å². The van der Waals surface area contributed by atoms with Crippen LogP contribution in [-0.2, 0) is 4.79 Å². The van der Waals surface area contributed by atoms with Gasteiger partial charge >= 0.3 is 5.97 Å². The van der Waals surface area contributed by atoms with Gasteiger partial charge in [-0.15, -0.1) is 0 Å². The largest absolute Gasteiger partial charge is 0.481 e. The van der Waals surface area contributed by atoms with Crippen molar-refractivity contribution < 1.29 is 9.90 Å². The number of aliphatic carboxylic acids is 1. The molecule has 1 saturated heterocycles. The van der Waals surface area contributed by atoms with Gasteiger partial charge in [0, 0.05) is 19.1 Å². The molecule has 0 aliphatic carbocycles. The van der Waals surface area contributed by atoms with Crippen molar-refractivity contribution in [1.82, 2.24) is 9.80 Å². The van der Waals surface area contributed by atoms with Crippen LogP contribution in [0.5, 0.6) is 0 Å². The lowest BCUT2D eigenvalue weighted by Gasteiger charge is -2.32. The van der Waals surface area contributed by atoms with E-state index in [1.54, 1.807) is 0 Å². The van der Waals surface area contributed by atoms with Crippen LogP contribution < -0.4 is 0 Å². The molecule has 112 valence electrons. The quantitative estimate of drug-likeness (QED) is 0.735. The van der Waals surface area contributed by atoms with Gasteiger partial charge in [-0.3, -0.25) is 9.69 Å². The zero-order valence-corrected chi connectivity index (χ0v) is 13.0. The van der Waals surface area contributed by atoms with Crippen LogP contribution in [0.2, 0.25) is 0 Å². The van der Waals surface area contributed by atoms with Gasteiger partial charge in [-0.1, -0.05) is 27.7 Å². The van der Waals surface area contributed by atoms with Gasteiger partial charge in [-0.2, -0.15) is 0 Å². The lowest BCUT2D eigenvalue weighted by atomic mass is 9.82. The Hall–Kier alpha value is -0.610. The molecule has 1 N–H and O–H groups in total. The molecular formula is C15H30N2O2. The summed E-state index contributed by atoms with van der Waals surface area (Å²) in [6, 6.07) is 0.607. The molecule has 0 amide bonds. The van der Waals surface area contributed by atoms with Gasteiger partial charge in [0.05, 0.1) is 5.41 Å². The molecule has 1 aliphatic rings. The average Bonchev–Trinajstić information content (AvgIpc) is 2.85. The summed E-state index contributed by atoms with van der Waals surface area (Å²) in [6.45, 7) is 13.3. The third kappa shape index (κ3) is 3.69. The Morgan fingerprint density at radius 1 is 1.26 bits per heavy atom.